The number of carbonyl (C=O) groups excluding carboxylic acids is 1. The van der Waals surface area contributed by atoms with Gasteiger partial charge in [-0.1, -0.05) is 0 Å². The molecule has 1 N–H and O–H groups in total. The molecule has 1 aliphatic carbocycles. The largest absolute Gasteiger partial charge is 0.481 e. The van der Waals surface area contributed by atoms with Crippen molar-refractivity contribution in [3.05, 3.63) is 17.5 Å². The van der Waals surface area contributed by atoms with Gasteiger partial charge in [-0.15, -0.1) is 0 Å². The highest BCUT2D eigenvalue weighted by Gasteiger charge is 2.44. The van der Waals surface area contributed by atoms with Gasteiger partial charge in [0.15, 0.2) is 5.69 Å². The zero-order valence-electron chi connectivity index (χ0n) is 11.7. The molecule has 122 valence electrons. The van der Waals surface area contributed by atoms with Crippen molar-refractivity contribution in [3.8, 4) is 0 Å². The number of halogens is 4. The van der Waals surface area contributed by atoms with Gasteiger partial charge in [-0.3, -0.25) is 14.3 Å². The first kappa shape index (κ1) is 16.8. The molecule has 1 aromatic rings. The van der Waals surface area contributed by atoms with E-state index in [1.54, 1.807) is 6.92 Å². The number of rotatable bonds is 3. The van der Waals surface area contributed by atoms with Crippen molar-refractivity contribution >= 4 is 22.8 Å². The Hall–Kier alpha value is -1.57. The summed E-state index contributed by atoms with van der Waals surface area (Å²) in [6.45, 7) is 1.58. The molecule has 0 bridgehead atoms. The van der Waals surface area contributed by atoms with E-state index in [0.717, 1.165) is 10.9 Å². The highest BCUT2D eigenvalue weighted by molar-refractivity contribution is 6.67. The van der Waals surface area contributed by atoms with E-state index in [9.17, 15) is 22.8 Å². The number of nitrogens with zero attached hydrogens (tertiary/aromatic N) is 2. The van der Waals surface area contributed by atoms with E-state index in [-0.39, 0.29) is 25.7 Å². The third-order valence-corrected chi connectivity index (χ3v) is 4.40. The first-order chi connectivity index (χ1) is 10.1. The molecule has 1 fully saturated rings. The van der Waals surface area contributed by atoms with Crippen molar-refractivity contribution in [3.63, 3.8) is 0 Å². The summed E-state index contributed by atoms with van der Waals surface area (Å²) in [5.41, 5.74) is -2.79. The van der Waals surface area contributed by atoms with Gasteiger partial charge in [-0.25, -0.2) is 0 Å². The Labute approximate surface area is 129 Å². The molecule has 1 aliphatic rings. The van der Waals surface area contributed by atoms with Crippen molar-refractivity contribution in [2.45, 2.75) is 44.8 Å². The maximum atomic E-state index is 13.2. The number of hydrogen-bond donors (Lipinski definition) is 1. The molecule has 9 heteroatoms. The van der Waals surface area contributed by atoms with Crippen LogP contribution >= 0.6 is 11.6 Å². The second-order valence-electron chi connectivity index (χ2n) is 5.72. The molecule has 0 unspecified atom stereocenters. The van der Waals surface area contributed by atoms with Gasteiger partial charge in [0.25, 0.3) is 5.24 Å². The molecule has 0 atom stereocenters. The van der Waals surface area contributed by atoms with Crippen LogP contribution in [-0.2, 0) is 11.0 Å². The number of carboxylic acid groups (broad SMARTS) is 1. The van der Waals surface area contributed by atoms with Gasteiger partial charge < -0.3 is 5.11 Å². The Kier molecular flexibility index (Phi) is 4.25. The molecular formula is C13H14ClF3N2O3. The van der Waals surface area contributed by atoms with E-state index in [4.69, 9.17) is 16.7 Å². The third-order valence-electron chi connectivity index (χ3n) is 4.20. The zero-order valence-corrected chi connectivity index (χ0v) is 12.4. The van der Waals surface area contributed by atoms with Gasteiger partial charge in [0.05, 0.1) is 23.2 Å². The molecule has 0 aliphatic heterocycles. The Morgan fingerprint density at radius 1 is 1.41 bits per heavy atom. The molecule has 22 heavy (non-hydrogen) atoms. The van der Waals surface area contributed by atoms with Crippen LogP contribution in [0.15, 0.2) is 6.20 Å². The minimum absolute atomic E-state index is 0.240. The van der Waals surface area contributed by atoms with Crippen molar-refractivity contribution < 1.29 is 27.9 Å². The summed E-state index contributed by atoms with van der Waals surface area (Å²) in [5, 5.41) is 11.6. The molecule has 0 aromatic carbocycles. The van der Waals surface area contributed by atoms with E-state index in [1.807, 2.05) is 0 Å². The van der Waals surface area contributed by atoms with E-state index in [2.05, 4.69) is 5.10 Å². The molecule has 1 heterocycles. The summed E-state index contributed by atoms with van der Waals surface area (Å²) in [4.78, 5) is 22.3. The Morgan fingerprint density at radius 2 is 1.95 bits per heavy atom. The Morgan fingerprint density at radius 3 is 2.36 bits per heavy atom. The number of hydrogen-bond acceptors (Lipinski definition) is 3. The normalized spacial score (nSPS) is 26.0. The first-order valence-electron chi connectivity index (χ1n) is 6.64. The van der Waals surface area contributed by atoms with Crippen LogP contribution in [0, 0.1) is 5.41 Å². The number of carbonyl (C=O) groups is 2. The van der Waals surface area contributed by atoms with Crippen LogP contribution in [0.1, 0.15) is 54.7 Å². The summed E-state index contributed by atoms with van der Waals surface area (Å²) < 4.78 is 40.3. The molecule has 0 spiro atoms. The predicted molar refractivity (Wildman–Crippen MR) is 70.7 cm³/mol. The van der Waals surface area contributed by atoms with E-state index < -0.39 is 40.1 Å². The Bertz CT molecular complexity index is 604. The van der Waals surface area contributed by atoms with E-state index in [0.29, 0.717) is 0 Å². The van der Waals surface area contributed by atoms with Crippen LogP contribution in [0.5, 0.6) is 0 Å². The minimum atomic E-state index is -4.76. The number of alkyl halides is 3. The van der Waals surface area contributed by atoms with Crippen LogP contribution < -0.4 is 0 Å². The monoisotopic (exact) mass is 338 g/mol. The lowest BCUT2D eigenvalue weighted by Crippen LogP contribution is -2.34. The van der Waals surface area contributed by atoms with Crippen LogP contribution in [0.3, 0.4) is 0 Å². The molecule has 0 amide bonds. The zero-order chi connectivity index (χ0) is 16.7. The van der Waals surface area contributed by atoms with Crippen LogP contribution in [0.2, 0.25) is 0 Å². The predicted octanol–water partition coefficient (Wildman–Crippen LogP) is 3.49. The Balaban J connectivity index is 2.32. The number of aromatic nitrogens is 2. The van der Waals surface area contributed by atoms with Crippen molar-refractivity contribution in [2.75, 3.05) is 0 Å². The third kappa shape index (κ3) is 2.97. The topological polar surface area (TPSA) is 72.2 Å². The van der Waals surface area contributed by atoms with Crippen LogP contribution in [-0.4, -0.2) is 26.1 Å². The van der Waals surface area contributed by atoms with E-state index in [1.165, 1.54) is 0 Å². The highest BCUT2D eigenvalue weighted by Crippen LogP contribution is 2.43. The fourth-order valence-corrected chi connectivity index (χ4v) is 2.90. The second-order valence-corrected chi connectivity index (χ2v) is 6.06. The quantitative estimate of drug-likeness (QED) is 0.856. The van der Waals surface area contributed by atoms with Gasteiger partial charge in [0, 0.05) is 0 Å². The standard InChI is InChI=1S/C13H14ClF3N2O3/c1-12(11(21)22)4-2-7(3-5-12)19-9(13(15,16)17)8(6-18-19)10(14)20/h6-7H,2-5H2,1H3,(H,21,22). The molecule has 2 rings (SSSR count). The molecule has 5 nitrogen and oxygen atoms in total. The fraction of sp³-hybridized carbons (Fsp3) is 0.615. The molecular weight excluding hydrogens is 325 g/mol. The second kappa shape index (κ2) is 5.57. The number of aliphatic carboxylic acids is 1. The molecule has 0 saturated heterocycles. The SMILES string of the molecule is CC1(C(=O)O)CCC(n2ncc(C(=O)Cl)c2C(F)(F)F)CC1. The lowest BCUT2D eigenvalue weighted by Gasteiger charge is -2.34. The van der Waals surface area contributed by atoms with Gasteiger partial charge in [-0.05, 0) is 44.2 Å². The average Bonchev–Trinajstić information content (AvgIpc) is 2.84. The first-order valence-corrected chi connectivity index (χ1v) is 7.02. The smallest absolute Gasteiger partial charge is 0.433 e. The van der Waals surface area contributed by atoms with Gasteiger partial charge in [0.2, 0.25) is 0 Å². The molecule has 1 saturated carbocycles. The summed E-state index contributed by atoms with van der Waals surface area (Å²) in [6.07, 6.45) is -2.98. The average molecular weight is 339 g/mol. The lowest BCUT2D eigenvalue weighted by molar-refractivity contribution is -0.152. The fourth-order valence-electron chi connectivity index (χ4n) is 2.76. The maximum Gasteiger partial charge on any atom is 0.433 e. The summed E-state index contributed by atoms with van der Waals surface area (Å²) in [5.74, 6) is -0.959. The van der Waals surface area contributed by atoms with Crippen molar-refractivity contribution in [1.82, 2.24) is 9.78 Å². The maximum absolute atomic E-state index is 13.2. The molecule has 1 aromatic heterocycles. The van der Waals surface area contributed by atoms with E-state index >= 15 is 0 Å². The van der Waals surface area contributed by atoms with Crippen molar-refractivity contribution in [2.24, 2.45) is 5.41 Å². The van der Waals surface area contributed by atoms with Crippen molar-refractivity contribution in [1.29, 1.82) is 0 Å². The van der Waals surface area contributed by atoms with Gasteiger partial charge in [-0.2, -0.15) is 18.3 Å². The van der Waals surface area contributed by atoms with Gasteiger partial charge in [0.1, 0.15) is 0 Å². The lowest BCUT2D eigenvalue weighted by atomic mass is 9.74. The highest BCUT2D eigenvalue weighted by atomic mass is 35.5. The van der Waals surface area contributed by atoms with Crippen LogP contribution in [0.25, 0.3) is 0 Å². The summed E-state index contributed by atoms with van der Waals surface area (Å²) in [6, 6.07) is -0.603. The summed E-state index contributed by atoms with van der Waals surface area (Å²) >= 11 is 5.18. The summed E-state index contributed by atoms with van der Waals surface area (Å²) in [7, 11) is 0. The minimum Gasteiger partial charge on any atom is -0.481 e. The van der Waals surface area contributed by atoms with Crippen LogP contribution in [0.4, 0.5) is 13.2 Å². The number of carboxylic acids is 1. The van der Waals surface area contributed by atoms with Gasteiger partial charge >= 0.3 is 12.1 Å². The molecule has 0 radical (unpaired) electrons.